The Kier molecular flexibility index (Phi) is 5.28. The van der Waals surface area contributed by atoms with E-state index in [1.807, 2.05) is 19.2 Å². The summed E-state index contributed by atoms with van der Waals surface area (Å²) >= 11 is 0. The van der Waals surface area contributed by atoms with Crippen LogP contribution in [0, 0.1) is 6.92 Å². The van der Waals surface area contributed by atoms with E-state index in [0.29, 0.717) is 0 Å². The molecular formula is C17H19F2NO. The smallest absolute Gasteiger partial charge is 0.387 e. The Hall–Kier alpha value is -1.94. The van der Waals surface area contributed by atoms with Crippen molar-refractivity contribution in [1.29, 1.82) is 0 Å². The minimum atomic E-state index is -2.80. The van der Waals surface area contributed by atoms with E-state index < -0.39 is 6.61 Å². The number of ether oxygens (including phenoxy) is 1. The molecule has 0 aliphatic heterocycles. The van der Waals surface area contributed by atoms with Gasteiger partial charge in [-0.1, -0.05) is 42.0 Å². The summed E-state index contributed by atoms with van der Waals surface area (Å²) in [6, 6.07) is 15.2. The summed E-state index contributed by atoms with van der Waals surface area (Å²) in [6.07, 6.45) is 0.788. The van der Waals surface area contributed by atoms with E-state index in [0.717, 1.165) is 12.0 Å². The molecule has 1 unspecified atom stereocenters. The zero-order chi connectivity index (χ0) is 15.2. The standard InChI is InChI=1S/C17H19F2NO/c1-12-5-3-6-13(9-12)10-16(20-2)14-7-4-8-15(11-14)21-17(18)19/h3-9,11,16-17,20H,10H2,1-2H3. The van der Waals surface area contributed by atoms with Gasteiger partial charge < -0.3 is 10.1 Å². The molecule has 4 heteroatoms. The van der Waals surface area contributed by atoms with Gasteiger partial charge in [0.05, 0.1) is 0 Å². The third kappa shape index (κ3) is 4.53. The summed E-state index contributed by atoms with van der Waals surface area (Å²) in [7, 11) is 1.86. The summed E-state index contributed by atoms with van der Waals surface area (Å²) in [5, 5.41) is 3.22. The Balaban J connectivity index is 2.17. The molecule has 0 aliphatic carbocycles. The molecule has 0 fully saturated rings. The minimum absolute atomic E-state index is 0.0491. The number of alkyl halides is 2. The molecule has 2 aromatic rings. The summed E-state index contributed by atoms with van der Waals surface area (Å²) in [4.78, 5) is 0. The predicted molar refractivity (Wildman–Crippen MR) is 79.8 cm³/mol. The van der Waals surface area contributed by atoms with Crippen LogP contribution in [0.1, 0.15) is 22.7 Å². The molecule has 0 aliphatic rings. The van der Waals surface area contributed by atoms with Crippen LogP contribution in [0.2, 0.25) is 0 Å². The molecule has 0 spiro atoms. The Morgan fingerprint density at radius 3 is 2.52 bits per heavy atom. The Bertz CT molecular complexity index is 587. The molecule has 0 radical (unpaired) electrons. The number of hydrogen-bond acceptors (Lipinski definition) is 2. The number of hydrogen-bond donors (Lipinski definition) is 1. The van der Waals surface area contributed by atoms with Crippen LogP contribution >= 0.6 is 0 Å². The largest absolute Gasteiger partial charge is 0.435 e. The van der Waals surface area contributed by atoms with E-state index >= 15 is 0 Å². The van der Waals surface area contributed by atoms with Crippen molar-refractivity contribution in [3.63, 3.8) is 0 Å². The maximum Gasteiger partial charge on any atom is 0.387 e. The second kappa shape index (κ2) is 7.18. The lowest BCUT2D eigenvalue weighted by Crippen LogP contribution is -2.19. The topological polar surface area (TPSA) is 21.3 Å². The maximum atomic E-state index is 12.3. The second-order valence-electron chi connectivity index (χ2n) is 4.99. The van der Waals surface area contributed by atoms with Crippen LogP contribution < -0.4 is 10.1 Å². The Morgan fingerprint density at radius 1 is 1.10 bits per heavy atom. The Morgan fingerprint density at radius 2 is 1.86 bits per heavy atom. The van der Waals surface area contributed by atoms with Crippen molar-refractivity contribution in [1.82, 2.24) is 5.32 Å². The second-order valence-corrected chi connectivity index (χ2v) is 4.99. The molecule has 1 N–H and O–H groups in total. The highest BCUT2D eigenvalue weighted by molar-refractivity contribution is 5.32. The highest BCUT2D eigenvalue weighted by Crippen LogP contribution is 2.23. The lowest BCUT2D eigenvalue weighted by molar-refractivity contribution is -0.0499. The van der Waals surface area contributed by atoms with Crippen LogP contribution in [0.4, 0.5) is 8.78 Å². The molecule has 0 aromatic heterocycles. The number of rotatable bonds is 6. The van der Waals surface area contributed by atoms with Crippen molar-refractivity contribution in [2.75, 3.05) is 7.05 Å². The van der Waals surface area contributed by atoms with Crippen LogP contribution in [0.15, 0.2) is 48.5 Å². The van der Waals surface area contributed by atoms with Crippen LogP contribution in [-0.2, 0) is 6.42 Å². The molecule has 0 bridgehead atoms. The van der Waals surface area contributed by atoms with Gasteiger partial charge in [0, 0.05) is 6.04 Å². The summed E-state index contributed by atoms with van der Waals surface area (Å²) in [5.74, 6) is 0.187. The van der Waals surface area contributed by atoms with Crippen molar-refractivity contribution in [3.8, 4) is 5.75 Å². The molecular weight excluding hydrogens is 272 g/mol. The molecule has 21 heavy (non-hydrogen) atoms. The zero-order valence-electron chi connectivity index (χ0n) is 12.1. The van der Waals surface area contributed by atoms with Gasteiger partial charge in [0.15, 0.2) is 0 Å². The molecule has 2 rings (SSSR count). The molecule has 2 aromatic carbocycles. The number of halogens is 2. The van der Waals surface area contributed by atoms with E-state index in [1.165, 1.54) is 17.2 Å². The van der Waals surface area contributed by atoms with E-state index in [4.69, 9.17) is 0 Å². The average molecular weight is 291 g/mol. The SMILES string of the molecule is CNC(Cc1cccc(C)c1)c1cccc(OC(F)F)c1. The van der Waals surface area contributed by atoms with Gasteiger partial charge in [-0.3, -0.25) is 0 Å². The van der Waals surface area contributed by atoms with E-state index in [2.05, 4.69) is 35.2 Å². The van der Waals surface area contributed by atoms with Crippen molar-refractivity contribution in [2.45, 2.75) is 26.0 Å². The molecule has 0 amide bonds. The van der Waals surface area contributed by atoms with Gasteiger partial charge in [-0.15, -0.1) is 0 Å². The third-order valence-electron chi connectivity index (χ3n) is 3.36. The fourth-order valence-electron chi connectivity index (χ4n) is 2.37. The molecule has 0 saturated carbocycles. The molecule has 0 saturated heterocycles. The first-order valence-electron chi connectivity index (χ1n) is 6.86. The van der Waals surface area contributed by atoms with Gasteiger partial charge in [-0.2, -0.15) is 8.78 Å². The fraction of sp³-hybridized carbons (Fsp3) is 0.294. The number of aryl methyl sites for hydroxylation is 1. The molecule has 112 valence electrons. The van der Waals surface area contributed by atoms with Gasteiger partial charge in [-0.05, 0) is 43.7 Å². The highest BCUT2D eigenvalue weighted by atomic mass is 19.3. The normalized spacial score (nSPS) is 12.4. The van der Waals surface area contributed by atoms with Crippen molar-refractivity contribution in [3.05, 3.63) is 65.2 Å². The summed E-state index contributed by atoms with van der Waals surface area (Å²) in [5.41, 5.74) is 3.34. The van der Waals surface area contributed by atoms with E-state index in [-0.39, 0.29) is 11.8 Å². The summed E-state index contributed by atoms with van der Waals surface area (Å²) < 4.78 is 29.0. The van der Waals surface area contributed by atoms with Gasteiger partial charge in [0.25, 0.3) is 0 Å². The van der Waals surface area contributed by atoms with Crippen molar-refractivity contribution < 1.29 is 13.5 Å². The fourth-order valence-corrected chi connectivity index (χ4v) is 2.37. The number of likely N-dealkylation sites (N-methyl/N-ethyl adjacent to an activating group) is 1. The zero-order valence-corrected chi connectivity index (χ0v) is 12.1. The van der Waals surface area contributed by atoms with Crippen LogP contribution in [0.25, 0.3) is 0 Å². The van der Waals surface area contributed by atoms with E-state index in [1.54, 1.807) is 12.1 Å². The molecule has 0 heterocycles. The lowest BCUT2D eigenvalue weighted by Gasteiger charge is -2.18. The van der Waals surface area contributed by atoms with Crippen molar-refractivity contribution in [2.24, 2.45) is 0 Å². The highest BCUT2D eigenvalue weighted by Gasteiger charge is 2.12. The maximum absolute atomic E-state index is 12.3. The van der Waals surface area contributed by atoms with Crippen molar-refractivity contribution >= 4 is 0 Å². The number of benzene rings is 2. The molecule has 1 atom stereocenters. The van der Waals surface area contributed by atoms with Crippen LogP contribution in [0.5, 0.6) is 5.75 Å². The minimum Gasteiger partial charge on any atom is -0.435 e. The van der Waals surface area contributed by atoms with Gasteiger partial charge in [-0.25, -0.2) is 0 Å². The first kappa shape index (κ1) is 15.4. The predicted octanol–water partition coefficient (Wildman–Crippen LogP) is 4.10. The van der Waals surface area contributed by atoms with E-state index in [9.17, 15) is 8.78 Å². The first-order valence-corrected chi connectivity index (χ1v) is 6.86. The van der Waals surface area contributed by atoms with Crippen LogP contribution in [-0.4, -0.2) is 13.7 Å². The van der Waals surface area contributed by atoms with Gasteiger partial charge >= 0.3 is 6.61 Å². The monoisotopic (exact) mass is 291 g/mol. The molecule has 2 nitrogen and oxygen atoms in total. The third-order valence-corrected chi connectivity index (χ3v) is 3.36. The average Bonchev–Trinajstić information content (AvgIpc) is 2.44. The number of nitrogens with one attached hydrogen (secondary N) is 1. The first-order chi connectivity index (χ1) is 10.1. The van der Waals surface area contributed by atoms with Gasteiger partial charge in [0.2, 0.25) is 0 Å². The quantitative estimate of drug-likeness (QED) is 0.865. The van der Waals surface area contributed by atoms with Gasteiger partial charge in [0.1, 0.15) is 5.75 Å². The Labute approximate surface area is 123 Å². The van der Waals surface area contributed by atoms with Crippen LogP contribution in [0.3, 0.4) is 0 Å². The lowest BCUT2D eigenvalue weighted by atomic mass is 9.98. The summed E-state index contributed by atoms with van der Waals surface area (Å²) in [6.45, 7) is -0.750.